The summed E-state index contributed by atoms with van der Waals surface area (Å²) >= 11 is 3.23. The lowest BCUT2D eigenvalue weighted by Crippen LogP contribution is -2.48. The number of hydrogen-bond acceptors (Lipinski definition) is 2. The molecule has 11 heavy (non-hydrogen) atoms. The first-order valence-corrected chi connectivity index (χ1v) is 4.51. The summed E-state index contributed by atoms with van der Waals surface area (Å²) in [5.74, 6) is 0. The SMILES string of the molecule is O=C(O)N1CCOCC1CBr. The quantitative estimate of drug-likeness (QED) is 0.669. The third-order valence-corrected chi connectivity index (χ3v) is 2.40. The van der Waals surface area contributed by atoms with Gasteiger partial charge in [-0.25, -0.2) is 4.79 Å². The van der Waals surface area contributed by atoms with E-state index in [1.807, 2.05) is 0 Å². The Kier molecular flexibility index (Phi) is 3.14. The largest absolute Gasteiger partial charge is 0.465 e. The molecule has 0 saturated carbocycles. The van der Waals surface area contributed by atoms with E-state index in [1.54, 1.807) is 0 Å². The van der Waals surface area contributed by atoms with E-state index in [1.165, 1.54) is 4.90 Å². The van der Waals surface area contributed by atoms with Gasteiger partial charge in [0.25, 0.3) is 0 Å². The molecule has 1 fully saturated rings. The molecule has 1 heterocycles. The van der Waals surface area contributed by atoms with E-state index >= 15 is 0 Å². The number of morpholine rings is 1. The van der Waals surface area contributed by atoms with Crippen molar-refractivity contribution >= 4 is 22.0 Å². The third kappa shape index (κ3) is 2.07. The van der Waals surface area contributed by atoms with Crippen molar-refractivity contribution < 1.29 is 14.6 Å². The van der Waals surface area contributed by atoms with Crippen LogP contribution in [0.15, 0.2) is 0 Å². The van der Waals surface area contributed by atoms with Crippen molar-refractivity contribution in [2.45, 2.75) is 6.04 Å². The molecule has 0 bridgehead atoms. The van der Waals surface area contributed by atoms with Gasteiger partial charge in [-0.2, -0.15) is 0 Å². The Labute approximate surface area is 73.3 Å². The van der Waals surface area contributed by atoms with Crippen LogP contribution < -0.4 is 0 Å². The summed E-state index contributed by atoms with van der Waals surface area (Å²) in [6.45, 7) is 1.49. The number of hydrogen-bond donors (Lipinski definition) is 1. The average Bonchev–Trinajstić information content (AvgIpc) is 2.04. The molecule has 1 amide bonds. The van der Waals surface area contributed by atoms with Gasteiger partial charge < -0.3 is 9.84 Å². The third-order valence-electron chi connectivity index (χ3n) is 1.65. The summed E-state index contributed by atoms with van der Waals surface area (Å²) in [5, 5.41) is 9.33. The van der Waals surface area contributed by atoms with Gasteiger partial charge in [0, 0.05) is 11.9 Å². The van der Waals surface area contributed by atoms with E-state index in [2.05, 4.69) is 15.9 Å². The van der Waals surface area contributed by atoms with Crippen LogP contribution in [-0.2, 0) is 4.74 Å². The van der Waals surface area contributed by atoms with Crippen molar-refractivity contribution in [3.05, 3.63) is 0 Å². The first kappa shape index (κ1) is 8.80. The highest BCUT2D eigenvalue weighted by Crippen LogP contribution is 2.08. The molecule has 4 nitrogen and oxygen atoms in total. The van der Waals surface area contributed by atoms with Gasteiger partial charge in [0.1, 0.15) is 0 Å². The molecule has 0 radical (unpaired) electrons. The second-order valence-corrected chi connectivity index (χ2v) is 3.01. The molecule has 64 valence electrons. The molecule has 1 aliphatic rings. The molecule has 0 aromatic heterocycles. The van der Waals surface area contributed by atoms with Crippen LogP contribution >= 0.6 is 15.9 Å². The minimum absolute atomic E-state index is 0.0266. The fraction of sp³-hybridized carbons (Fsp3) is 0.833. The van der Waals surface area contributed by atoms with Crippen molar-refractivity contribution in [3.8, 4) is 0 Å². The van der Waals surface area contributed by atoms with Crippen LogP contribution in [0.1, 0.15) is 0 Å². The van der Waals surface area contributed by atoms with Crippen LogP contribution in [0.3, 0.4) is 0 Å². The summed E-state index contributed by atoms with van der Waals surface area (Å²) in [5.41, 5.74) is 0. The highest BCUT2D eigenvalue weighted by atomic mass is 79.9. The maximum Gasteiger partial charge on any atom is 0.407 e. The van der Waals surface area contributed by atoms with Crippen LogP contribution in [0.5, 0.6) is 0 Å². The molecule has 1 aliphatic heterocycles. The Morgan fingerprint density at radius 3 is 3.00 bits per heavy atom. The second-order valence-electron chi connectivity index (χ2n) is 2.36. The maximum atomic E-state index is 10.6. The zero-order chi connectivity index (χ0) is 8.27. The minimum atomic E-state index is -0.863. The number of alkyl halides is 1. The summed E-state index contributed by atoms with van der Waals surface area (Å²) in [7, 11) is 0. The van der Waals surface area contributed by atoms with Gasteiger partial charge in [0.2, 0.25) is 0 Å². The zero-order valence-electron chi connectivity index (χ0n) is 5.99. The number of rotatable bonds is 1. The highest BCUT2D eigenvalue weighted by molar-refractivity contribution is 9.09. The van der Waals surface area contributed by atoms with E-state index < -0.39 is 6.09 Å². The fourth-order valence-electron chi connectivity index (χ4n) is 1.03. The standard InChI is InChI=1S/C6H10BrNO3/c7-3-5-4-11-2-1-8(5)6(9)10/h5H,1-4H2,(H,9,10). The van der Waals surface area contributed by atoms with Gasteiger partial charge in [0.05, 0.1) is 19.3 Å². The lowest BCUT2D eigenvalue weighted by molar-refractivity contribution is 0.00827. The van der Waals surface area contributed by atoms with Crippen LogP contribution in [0.2, 0.25) is 0 Å². The Balaban J connectivity index is 2.51. The molecule has 1 rings (SSSR count). The van der Waals surface area contributed by atoms with Gasteiger partial charge in [-0.1, -0.05) is 15.9 Å². The summed E-state index contributed by atoms with van der Waals surface area (Å²) in [6, 6.07) is -0.0266. The van der Waals surface area contributed by atoms with Gasteiger partial charge in [-0.3, -0.25) is 4.90 Å². The van der Waals surface area contributed by atoms with E-state index in [4.69, 9.17) is 9.84 Å². The minimum Gasteiger partial charge on any atom is -0.465 e. The predicted molar refractivity (Wildman–Crippen MR) is 43.1 cm³/mol. The topological polar surface area (TPSA) is 49.8 Å². The highest BCUT2D eigenvalue weighted by Gasteiger charge is 2.25. The van der Waals surface area contributed by atoms with E-state index in [0.717, 1.165) is 0 Å². The molecule has 1 saturated heterocycles. The van der Waals surface area contributed by atoms with E-state index in [0.29, 0.717) is 25.1 Å². The summed E-state index contributed by atoms with van der Waals surface area (Å²) in [6.07, 6.45) is -0.863. The van der Waals surface area contributed by atoms with Crippen LogP contribution in [0.25, 0.3) is 0 Å². The number of carboxylic acid groups (broad SMARTS) is 1. The van der Waals surface area contributed by atoms with E-state index in [9.17, 15) is 4.79 Å². The normalized spacial score (nSPS) is 25.2. The number of halogens is 1. The van der Waals surface area contributed by atoms with Crippen molar-refractivity contribution in [1.82, 2.24) is 4.90 Å². The molecular formula is C6H10BrNO3. The van der Waals surface area contributed by atoms with E-state index in [-0.39, 0.29) is 6.04 Å². The maximum absolute atomic E-state index is 10.6. The lowest BCUT2D eigenvalue weighted by atomic mass is 10.3. The number of ether oxygens (including phenoxy) is 1. The van der Waals surface area contributed by atoms with Crippen molar-refractivity contribution in [2.24, 2.45) is 0 Å². The Bertz CT molecular complexity index is 153. The van der Waals surface area contributed by atoms with Crippen molar-refractivity contribution in [1.29, 1.82) is 0 Å². The Morgan fingerprint density at radius 2 is 2.55 bits per heavy atom. The van der Waals surface area contributed by atoms with Crippen LogP contribution in [0.4, 0.5) is 4.79 Å². The predicted octanol–water partition coefficient (Wildman–Crippen LogP) is 0.760. The zero-order valence-corrected chi connectivity index (χ0v) is 7.58. The van der Waals surface area contributed by atoms with Crippen LogP contribution in [0, 0.1) is 0 Å². The van der Waals surface area contributed by atoms with Crippen molar-refractivity contribution in [3.63, 3.8) is 0 Å². The smallest absolute Gasteiger partial charge is 0.407 e. The van der Waals surface area contributed by atoms with Gasteiger partial charge in [-0.05, 0) is 0 Å². The van der Waals surface area contributed by atoms with Gasteiger partial charge >= 0.3 is 6.09 Å². The number of nitrogens with zero attached hydrogens (tertiary/aromatic N) is 1. The Hall–Kier alpha value is -0.290. The summed E-state index contributed by atoms with van der Waals surface area (Å²) < 4.78 is 5.12. The molecule has 1 unspecified atom stereocenters. The molecule has 1 atom stereocenters. The Morgan fingerprint density at radius 1 is 1.82 bits per heavy atom. The average molecular weight is 224 g/mol. The number of carbonyl (C=O) groups is 1. The molecule has 5 heteroatoms. The molecule has 0 spiro atoms. The fourth-order valence-corrected chi connectivity index (χ4v) is 1.57. The first-order chi connectivity index (χ1) is 5.25. The van der Waals surface area contributed by atoms with Gasteiger partial charge in [0.15, 0.2) is 0 Å². The van der Waals surface area contributed by atoms with Crippen molar-refractivity contribution in [2.75, 3.05) is 25.1 Å². The van der Waals surface area contributed by atoms with Gasteiger partial charge in [-0.15, -0.1) is 0 Å². The molecule has 1 N–H and O–H groups in total. The first-order valence-electron chi connectivity index (χ1n) is 3.39. The number of amides is 1. The molecular weight excluding hydrogens is 214 g/mol. The van der Waals surface area contributed by atoms with Crippen LogP contribution in [-0.4, -0.2) is 47.2 Å². The monoisotopic (exact) mass is 223 g/mol. The molecule has 0 aliphatic carbocycles. The summed E-state index contributed by atoms with van der Waals surface area (Å²) in [4.78, 5) is 12.0. The molecule has 0 aromatic rings. The second kappa shape index (κ2) is 3.92. The lowest BCUT2D eigenvalue weighted by Gasteiger charge is -2.31. The molecule has 0 aromatic carbocycles.